The molecule has 2 heterocycles. The first-order valence-corrected chi connectivity index (χ1v) is 8.64. The van der Waals surface area contributed by atoms with Crippen molar-refractivity contribution in [1.29, 1.82) is 0 Å². The Hall–Kier alpha value is -1.62. The predicted octanol–water partition coefficient (Wildman–Crippen LogP) is 2.68. The monoisotopic (exact) mass is 319 g/mol. The van der Waals surface area contributed by atoms with E-state index in [9.17, 15) is 9.59 Å². The summed E-state index contributed by atoms with van der Waals surface area (Å²) in [6, 6.07) is 0.0962. The molecule has 128 valence electrons. The third kappa shape index (κ3) is 3.66. The van der Waals surface area contributed by atoms with Gasteiger partial charge in [-0.2, -0.15) is 0 Å². The van der Waals surface area contributed by atoms with Crippen molar-refractivity contribution in [2.24, 2.45) is 11.7 Å². The Balaban J connectivity index is 2.31. The van der Waals surface area contributed by atoms with Crippen molar-refractivity contribution >= 4 is 11.7 Å². The molecule has 23 heavy (non-hydrogen) atoms. The van der Waals surface area contributed by atoms with E-state index in [0.29, 0.717) is 23.7 Å². The van der Waals surface area contributed by atoms with Gasteiger partial charge in [0.25, 0.3) is 5.91 Å². The fraction of sp³-hybridized carbons (Fsp3) is 0.667. The van der Waals surface area contributed by atoms with Crippen LogP contribution < -0.4 is 5.73 Å². The average Bonchev–Trinajstić information content (AvgIpc) is 2.83. The number of amides is 1. The van der Waals surface area contributed by atoms with Crippen LogP contribution in [0.25, 0.3) is 0 Å². The third-order valence-electron chi connectivity index (χ3n) is 4.85. The van der Waals surface area contributed by atoms with Crippen molar-refractivity contribution in [3.8, 4) is 0 Å². The molecule has 2 atom stereocenters. The zero-order valence-corrected chi connectivity index (χ0v) is 14.7. The Morgan fingerprint density at radius 2 is 2.13 bits per heavy atom. The third-order valence-corrected chi connectivity index (χ3v) is 4.85. The number of ketones is 1. The number of nitrogens with zero attached hydrogens (tertiary/aromatic N) is 1. The number of likely N-dealkylation sites (tertiary alicyclic amines) is 1. The molecular formula is C18H29N3O2. The van der Waals surface area contributed by atoms with E-state index in [1.807, 2.05) is 18.7 Å². The summed E-state index contributed by atoms with van der Waals surface area (Å²) in [5.74, 6) is 0.383. The lowest BCUT2D eigenvalue weighted by atomic mass is 9.91. The number of rotatable bonds is 5. The molecule has 1 aromatic heterocycles. The van der Waals surface area contributed by atoms with Gasteiger partial charge in [-0.25, -0.2) is 0 Å². The van der Waals surface area contributed by atoms with Crippen LogP contribution in [-0.4, -0.2) is 40.7 Å². The lowest BCUT2D eigenvalue weighted by molar-refractivity contribution is 0.0654. The highest BCUT2D eigenvalue weighted by molar-refractivity contribution is 6.02. The van der Waals surface area contributed by atoms with Crippen LogP contribution in [0, 0.1) is 12.8 Å². The molecule has 0 saturated carbocycles. The first kappa shape index (κ1) is 17.7. The SMILES string of the molecule is CCCc1c(C(=O)N2CCCC(C(C)N)C2)[nH]c(C)c1C(C)=O. The number of H-pyrrole nitrogens is 1. The van der Waals surface area contributed by atoms with Gasteiger partial charge in [-0.15, -0.1) is 0 Å². The number of aryl methyl sites for hydroxylation is 1. The molecule has 3 N–H and O–H groups in total. The molecular weight excluding hydrogens is 290 g/mol. The van der Waals surface area contributed by atoms with Crippen LogP contribution in [0.15, 0.2) is 0 Å². The van der Waals surface area contributed by atoms with E-state index in [1.54, 1.807) is 6.92 Å². The first-order chi connectivity index (χ1) is 10.9. The molecule has 1 aliphatic heterocycles. The van der Waals surface area contributed by atoms with Gasteiger partial charge in [-0.1, -0.05) is 13.3 Å². The van der Waals surface area contributed by atoms with Crippen molar-refractivity contribution in [2.75, 3.05) is 13.1 Å². The molecule has 1 aliphatic rings. The van der Waals surface area contributed by atoms with Crippen molar-refractivity contribution in [2.45, 2.75) is 59.4 Å². The number of nitrogens with two attached hydrogens (primary N) is 1. The maximum absolute atomic E-state index is 13.0. The average molecular weight is 319 g/mol. The zero-order valence-electron chi connectivity index (χ0n) is 14.7. The highest BCUT2D eigenvalue weighted by Gasteiger charge is 2.30. The minimum absolute atomic E-state index is 0.00870. The van der Waals surface area contributed by atoms with E-state index < -0.39 is 0 Å². The zero-order chi connectivity index (χ0) is 17.1. The van der Waals surface area contributed by atoms with Crippen LogP contribution in [0.5, 0.6) is 0 Å². The fourth-order valence-corrected chi connectivity index (χ4v) is 3.62. The molecule has 1 saturated heterocycles. The minimum atomic E-state index is 0.00870. The standard InChI is InChI=1S/C18H29N3O2/c1-5-7-15-16(13(4)22)12(3)20-17(15)18(23)21-9-6-8-14(10-21)11(2)19/h11,14,20H,5-10,19H2,1-4H3. The van der Waals surface area contributed by atoms with Crippen LogP contribution in [0.1, 0.15) is 72.1 Å². The second-order valence-corrected chi connectivity index (χ2v) is 6.80. The molecule has 2 rings (SSSR count). The largest absolute Gasteiger partial charge is 0.354 e. The van der Waals surface area contributed by atoms with Gasteiger partial charge in [0, 0.05) is 30.4 Å². The van der Waals surface area contributed by atoms with E-state index in [1.165, 1.54) is 0 Å². The summed E-state index contributed by atoms with van der Waals surface area (Å²) in [4.78, 5) is 30.0. The van der Waals surface area contributed by atoms with Gasteiger partial charge in [-0.05, 0) is 51.5 Å². The van der Waals surface area contributed by atoms with Gasteiger partial charge in [0.2, 0.25) is 0 Å². The molecule has 5 nitrogen and oxygen atoms in total. The normalized spacial score (nSPS) is 19.7. The van der Waals surface area contributed by atoms with Crippen LogP contribution in [0.3, 0.4) is 0 Å². The summed E-state index contributed by atoms with van der Waals surface area (Å²) >= 11 is 0. The minimum Gasteiger partial charge on any atom is -0.354 e. The summed E-state index contributed by atoms with van der Waals surface area (Å²) in [5.41, 5.74) is 8.99. The van der Waals surface area contributed by atoms with Gasteiger partial charge in [-0.3, -0.25) is 9.59 Å². The number of carbonyl (C=O) groups excluding carboxylic acids is 2. The summed E-state index contributed by atoms with van der Waals surface area (Å²) in [6.07, 6.45) is 3.71. The van der Waals surface area contributed by atoms with E-state index >= 15 is 0 Å². The molecule has 5 heteroatoms. The van der Waals surface area contributed by atoms with Crippen molar-refractivity contribution in [3.63, 3.8) is 0 Å². The van der Waals surface area contributed by atoms with Gasteiger partial charge < -0.3 is 15.6 Å². The Morgan fingerprint density at radius 3 is 2.70 bits per heavy atom. The second kappa shape index (κ2) is 7.30. The summed E-state index contributed by atoms with van der Waals surface area (Å²) in [7, 11) is 0. The fourth-order valence-electron chi connectivity index (χ4n) is 3.62. The summed E-state index contributed by atoms with van der Waals surface area (Å²) < 4.78 is 0. The van der Waals surface area contributed by atoms with Gasteiger partial charge in [0.15, 0.2) is 5.78 Å². The van der Waals surface area contributed by atoms with E-state index in [-0.39, 0.29) is 17.7 Å². The Labute approximate surface area is 138 Å². The summed E-state index contributed by atoms with van der Waals surface area (Å²) in [5, 5.41) is 0. The smallest absolute Gasteiger partial charge is 0.270 e. The number of carbonyl (C=O) groups is 2. The molecule has 2 unspecified atom stereocenters. The van der Waals surface area contributed by atoms with Crippen molar-refractivity contribution < 1.29 is 9.59 Å². The Bertz CT molecular complexity index is 589. The van der Waals surface area contributed by atoms with Gasteiger partial charge >= 0.3 is 0 Å². The van der Waals surface area contributed by atoms with Gasteiger partial charge in [0.05, 0.1) is 0 Å². The molecule has 1 aromatic rings. The molecule has 1 amide bonds. The number of hydrogen-bond acceptors (Lipinski definition) is 3. The maximum atomic E-state index is 13.0. The van der Waals surface area contributed by atoms with E-state index in [2.05, 4.69) is 11.9 Å². The van der Waals surface area contributed by atoms with Crippen molar-refractivity contribution in [3.05, 3.63) is 22.5 Å². The van der Waals surface area contributed by atoms with Crippen LogP contribution in [0.4, 0.5) is 0 Å². The molecule has 0 spiro atoms. The summed E-state index contributed by atoms with van der Waals surface area (Å²) in [6.45, 7) is 8.97. The number of aromatic amines is 1. The lowest BCUT2D eigenvalue weighted by Crippen LogP contribution is -2.45. The number of Topliss-reactive ketones (excluding diaryl/α,β-unsaturated/α-hetero) is 1. The molecule has 0 aliphatic carbocycles. The molecule has 0 aromatic carbocycles. The van der Waals surface area contributed by atoms with Crippen LogP contribution in [-0.2, 0) is 6.42 Å². The highest BCUT2D eigenvalue weighted by Crippen LogP contribution is 2.25. The molecule has 0 bridgehead atoms. The van der Waals surface area contributed by atoms with Crippen molar-refractivity contribution in [1.82, 2.24) is 9.88 Å². The highest BCUT2D eigenvalue weighted by atomic mass is 16.2. The van der Waals surface area contributed by atoms with E-state index in [4.69, 9.17) is 5.73 Å². The Morgan fingerprint density at radius 1 is 1.43 bits per heavy atom. The van der Waals surface area contributed by atoms with Gasteiger partial charge in [0.1, 0.15) is 5.69 Å². The van der Waals surface area contributed by atoms with Crippen LogP contribution in [0.2, 0.25) is 0 Å². The first-order valence-electron chi connectivity index (χ1n) is 8.64. The number of piperidine rings is 1. The maximum Gasteiger partial charge on any atom is 0.270 e. The topological polar surface area (TPSA) is 79.2 Å². The quantitative estimate of drug-likeness (QED) is 0.819. The Kier molecular flexibility index (Phi) is 5.63. The number of nitrogens with one attached hydrogen (secondary N) is 1. The number of hydrogen-bond donors (Lipinski definition) is 2. The lowest BCUT2D eigenvalue weighted by Gasteiger charge is -2.34. The second-order valence-electron chi connectivity index (χ2n) is 6.80. The molecule has 0 radical (unpaired) electrons. The van der Waals surface area contributed by atoms with E-state index in [0.717, 1.165) is 43.5 Å². The predicted molar refractivity (Wildman–Crippen MR) is 91.8 cm³/mol. The molecule has 1 fully saturated rings. The van der Waals surface area contributed by atoms with Crippen LogP contribution >= 0.6 is 0 Å². The number of aromatic nitrogens is 1.